The number of phosphoric ester groups is 2. The zero-order valence-electron chi connectivity index (χ0n) is 58.8. The number of carbonyl (C=O) groups is 4. The van der Waals surface area contributed by atoms with Gasteiger partial charge in [-0.25, -0.2) is 9.13 Å². The molecule has 3 unspecified atom stereocenters. The molecule has 3 N–H and O–H groups in total. The van der Waals surface area contributed by atoms with Crippen LogP contribution in [-0.2, 0) is 65.4 Å². The van der Waals surface area contributed by atoms with E-state index in [4.69, 9.17) is 37.0 Å². The fraction of sp³-hybridized carbons (Fsp3) is 0.944. The summed E-state index contributed by atoms with van der Waals surface area (Å²) in [6, 6.07) is 0. The highest BCUT2D eigenvalue weighted by Gasteiger charge is 2.30. The van der Waals surface area contributed by atoms with E-state index in [9.17, 15) is 43.2 Å². The van der Waals surface area contributed by atoms with E-state index in [0.29, 0.717) is 31.6 Å². The van der Waals surface area contributed by atoms with Crippen molar-refractivity contribution in [1.29, 1.82) is 0 Å². The molecule has 0 amide bonds. The third-order valence-electron chi connectivity index (χ3n) is 16.7. The third-order valence-corrected chi connectivity index (χ3v) is 18.6. The molecule has 0 aromatic rings. The Balaban J connectivity index is 5.21. The maximum absolute atomic E-state index is 13.0. The molecule has 90 heavy (non-hydrogen) atoms. The topological polar surface area (TPSA) is 237 Å². The minimum atomic E-state index is -4.95. The third kappa shape index (κ3) is 63.5. The normalized spacial score (nSPS) is 14.6. The smallest absolute Gasteiger partial charge is 0.462 e. The average Bonchev–Trinajstić information content (AvgIpc) is 3.07. The minimum Gasteiger partial charge on any atom is -0.462 e. The highest BCUT2D eigenvalue weighted by molar-refractivity contribution is 7.47. The molecule has 0 saturated heterocycles. The van der Waals surface area contributed by atoms with Crippen LogP contribution < -0.4 is 0 Å². The Morgan fingerprint density at radius 1 is 0.311 bits per heavy atom. The van der Waals surface area contributed by atoms with Crippen molar-refractivity contribution >= 4 is 39.5 Å². The summed E-state index contributed by atoms with van der Waals surface area (Å²) in [5, 5.41) is 10.6. The highest BCUT2D eigenvalue weighted by Crippen LogP contribution is 2.45. The fourth-order valence-electron chi connectivity index (χ4n) is 10.6. The maximum Gasteiger partial charge on any atom is 0.472 e. The average molecular weight is 1330 g/mol. The van der Waals surface area contributed by atoms with Crippen molar-refractivity contribution in [3.63, 3.8) is 0 Å². The van der Waals surface area contributed by atoms with Crippen LogP contribution in [0.25, 0.3) is 0 Å². The molecular weight excluding hydrogens is 1190 g/mol. The standard InChI is InChI=1S/C71H138O17P2/c1-9-64(8)50-42-34-29-30-36-44-52-69(74)82-58-67(88-71(76)54-46-38-28-22-25-33-41-49-63(6)7)60-86-90(79,80)84-56-65(72)55-83-89(77,78)85-59-66(87-70(75)53-45-37-27-21-17-19-24-32-40-48-62(4)5)57-81-68(73)51-43-35-26-20-16-14-12-10-11-13-15-18-23-31-39-47-61(2)3/h61-67,72H,9-60H2,1-8H3,(H,77,78)(H,79,80)/t64?,65-,66-,67-/m1/s1. The summed E-state index contributed by atoms with van der Waals surface area (Å²) >= 11 is 0. The van der Waals surface area contributed by atoms with Crippen molar-refractivity contribution in [1.82, 2.24) is 0 Å². The number of aliphatic hydroxyl groups excluding tert-OH is 1. The van der Waals surface area contributed by atoms with Crippen LogP contribution in [0.4, 0.5) is 0 Å². The second-order valence-electron chi connectivity index (χ2n) is 27.3. The van der Waals surface area contributed by atoms with E-state index in [1.165, 1.54) is 148 Å². The summed E-state index contributed by atoms with van der Waals surface area (Å²) in [5.74, 6) is 0.838. The van der Waals surface area contributed by atoms with Crippen LogP contribution in [0.1, 0.15) is 351 Å². The number of ether oxygens (including phenoxy) is 4. The molecule has 0 aromatic carbocycles. The first-order valence-electron chi connectivity index (χ1n) is 36.7. The molecule has 17 nitrogen and oxygen atoms in total. The Kier molecular flexibility index (Phi) is 59.4. The van der Waals surface area contributed by atoms with Crippen molar-refractivity contribution in [2.45, 2.75) is 369 Å². The van der Waals surface area contributed by atoms with Gasteiger partial charge in [0.25, 0.3) is 0 Å². The molecular formula is C71H138O17P2. The summed E-state index contributed by atoms with van der Waals surface area (Å²) < 4.78 is 68.3. The summed E-state index contributed by atoms with van der Waals surface area (Å²) in [7, 11) is -9.90. The van der Waals surface area contributed by atoms with Gasteiger partial charge in [-0.1, -0.05) is 299 Å². The lowest BCUT2D eigenvalue weighted by Gasteiger charge is -2.21. The van der Waals surface area contributed by atoms with Gasteiger partial charge in [0.15, 0.2) is 12.2 Å². The molecule has 534 valence electrons. The number of phosphoric acid groups is 2. The molecule has 0 heterocycles. The molecule has 0 radical (unpaired) electrons. The van der Waals surface area contributed by atoms with Crippen LogP contribution in [0.15, 0.2) is 0 Å². The largest absolute Gasteiger partial charge is 0.472 e. The zero-order chi connectivity index (χ0) is 66.8. The SMILES string of the molecule is CCC(C)CCCCCCCCC(=O)OC[C@H](COP(=O)(O)OC[C@H](O)COP(=O)(O)OC[C@@H](COC(=O)CCCCCCCCCCCCCCCCCC(C)C)OC(=O)CCCCCCCCCCCC(C)C)OC(=O)CCCCCCCCCC(C)C. The van der Waals surface area contributed by atoms with Gasteiger partial charge in [0.2, 0.25) is 0 Å². The molecule has 0 aliphatic carbocycles. The van der Waals surface area contributed by atoms with E-state index < -0.39 is 97.5 Å². The van der Waals surface area contributed by atoms with Crippen LogP contribution in [0.2, 0.25) is 0 Å². The van der Waals surface area contributed by atoms with Gasteiger partial charge in [-0.3, -0.25) is 37.3 Å². The van der Waals surface area contributed by atoms with Crippen LogP contribution >= 0.6 is 15.6 Å². The predicted molar refractivity (Wildman–Crippen MR) is 363 cm³/mol. The summed E-state index contributed by atoms with van der Waals surface area (Å²) in [5.41, 5.74) is 0. The first kappa shape index (κ1) is 88.1. The Labute approximate surface area is 549 Å². The van der Waals surface area contributed by atoms with E-state index in [2.05, 4.69) is 55.4 Å². The zero-order valence-corrected chi connectivity index (χ0v) is 60.6. The Morgan fingerprint density at radius 2 is 0.533 bits per heavy atom. The van der Waals surface area contributed by atoms with E-state index in [1.807, 2.05) is 0 Å². The second kappa shape index (κ2) is 60.7. The summed E-state index contributed by atoms with van der Waals surface area (Å²) in [4.78, 5) is 72.5. The van der Waals surface area contributed by atoms with Gasteiger partial charge in [0.05, 0.1) is 26.4 Å². The molecule has 0 aromatic heterocycles. The molecule has 6 atom stereocenters. The molecule has 19 heteroatoms. The Morgan fingerprint density at radius 3 is 0.789 bits per heavy atom. The van der Waals surface area contributed by atoms with E-state index in [0.717, 1.165) is 114 Å². The Bertz CT molecular complexity index is 1780. The number of hydrogen-bond donors (Lipinski definition) is 3. The van der Waals surface area contributed by atoms with Gasteiger partial charge < -0.3 is 33.8 Å². The molecule has 0 fully saturated rings. The summed E-state index contributed by atoms with van der Waals surface area (Å²) in [6.45, 7) is 14.1. The first-order valence-corrected chi connectivity index (χ1v) is 39.7. The number of carbonyl (C=O) groups excluding carboxylic acids is 4. The van der Waals surface area contributed by atoms with E-state index in [-0.39, 0.29) is 25.7 Å². The van der Waals surface area contributed by atoms with Crippen molar-refractivity contribution < 1.29 is 80.2 Å². The monoisotopic (exact) mass is 1320 g/mol. The van der Waals surface area contributed by atoms with Gasteiger partial charge in [-0.15, -0.1) is 0 Å². The number of rotatable bonds is 68. The molecule has 0 spiro atoms. The molecule has 0 rings (SSSR count). The van der Waals surface area contributed by atoms with Crippen molar-refractivity contribution in [2.75, 3.05) is 39.6 Å². The quantitative estimate of drug-likeness (QED) is 0.0222. The molecule has 0 bridgehead atoms. The minimum absolute atomic E-state index is 0.102. The molecule has 0 aliphatic rings. The van der Waals surface area contributed by atoms with Gasteiger partial charge in [-0.2, -0.15) is 0 Å². The lowest BCUT2D eigenvalue weighted by molar-refractivity contribution is -0.161. The van der Waals surface area contributed by atoms with Gasteiger partial charge in [-0.05, 0) is 49.4 Å². The first-order chi connectivity index (χ1) is 43.1. The van der Waals surface area contributed by atoms with Crippen molar-refractivity contribution in [3.8, 4) is 0 Å². The molecule has 0 aliphatic heterocycles. The van der Waals surface area contributed by atoms with E-state index in [1.54, 1.807) is 0 Å². The highest BCUT2D eigenvalue weighted by atomic mass is 31.2. The van der Waals surface area contributed by atoms with Crippen molar-refractivity contribution in [2.24, 2.45) is 23.7 Å². The lowest BCUT2D eigenvalue weighted by atomic mass is 10.00. The van der Waals surface area contributed by atoms with E-state index >= 15 is 0 Å². The Hall–Kier alpha value is -1.94. The van der Waals surface area contributed by atoms with Crippen LogP contribution in [0, 0.1) is 23.7 Å². The maximum atomic E-state index is 13.0. The van der Waals surface area contributed by atoms with Crippen LogP contribution in [0.5, 0.6) is 0 Å². The van der Waals surface area contributed by atoms with Gasteiger partial charge in [0, 0.05) is 25.7 Å². The predicted octanol–water partition coefficient (Wildman–Crippen LogP) is 20.1. The van der Waals surface area contributed by atoms with Crippen molar-refractivity contribution in [3.05, 3.63) is 0 Å². The van der Waals surface area contributed by atoms with Crippen LogP contribution in [-0.4, -0.2) is 96.7 Å². The number of unbranched alkanes of at least 4 members (excludes halogenated alkanes) is 33. The summed E-state index contributed by atoms with van der Waals surface area (Å²) in [6.07, 6.45) is 43.3. The van der Waals surface area contributed by atoms with Gasteiger partial charge >= 0.3 is 39.5 Å². The van der Waals surface area contributed by atoms with Gasteiger partial charge in [0.1, 0.15) is 19.3 Å². The molecule has 0 saturated carbocycles. The number of aliphatic hydroxyl groups is 1. The second-order valence-corrected chi connectivity index (χ2v) is 30.2. The number of hydrogen-bond acceptors (Lipinski definition) is 15. The van der Waals surface area contributed by atoms with Crippen LogP contribution in [0.3, 0.4) is 0 Å². The fourth-order valence-corrected chi connectivity index (χ4v) is 12.2. The number of esters is 4. The lowest BCUT2D eigenvalue weighted by Crippen LogP contribution is -2.30.